The molecule has 26 heavy (non-hydrogen) atoms. The van der Waals surface area contributed by atoms with Crippen LogP contribution in [-0.4, -0.2) is 63.2 Å². The SMILES string of the molecule is CN1CCN(c2ccc3c(c2)CN(C)CCN3c2ccc(Cl)cc2)CC1. The van der Waals surface area contributed by atoms with Gasteiger partial charge in [-0.05, 0) is 62.1 Å². The third kappa shape index (κ3) is 3.68. The molecule has 2 aliphatic rings. The number of benzene rings is 2. The van der Waals surface area contributed by atoms with E-state index in [0.717, 1.165) is 50.8 Å². The molecule has 0 amide bonds. The third-order valence-corrected chi connectivity index (χ3v) is 5.76. The Bertz CT molecular complexity index is 753. The van der Waals surface area contributed by atoms with Crippen LogP contribution in [0.1, 0.15) is 5.56 Å². The molecule has 2 aliphatic heterocycles. The molecular weight excluding hydrogens is 344 g/mol. The summed E-state index contributed by atoms with van der Waals surface area (Å²) in [5, 5.41) is 0.784. The van der Waals surface area contributed by atoms with Gasteiger partial charge in [0.05, 0.1) is 0 Å². The van der Waals surface area contributed by atoms with Gasteiger partial charge in [-0.25, -0.2) is 0 Å². The van der Waals surface area contributed by atoms with E-state index >= 15 is 0 Å². The number of hydrogen-bond donors (Lipinski definition) is 0. The zero-order chi connectivity index (χ0) is 18.1. The van der Waals surface area contributed by atoms with Crippen molar-refractivity contribution in [2.45, 2.75) is 6.54 Å². The maximum absolute atomic E-state index is 6.09. The van der Waals surface area contributed by atoms with E-state index in [1.54, 1.807) is 0 Å². The van der Waals surface area contributed by atoms with Gasteiger partial charge in [0.2, 0.25) is 0 Å². The Labute approximate surface area is 161 Å². The smallest absolute Gasteiger partial charge is 0.0458 e. The molecule has 0 atom stereocenters. The second kappa shape index (κ2) is 7.47. The Morgan fingerprint density at radius 3 is 2.12 bits per heavy atom. The Morgan fingerprint density at radius 1 is 0.731 bits per heavy atom. The van der Waals surface area contributed by atoms with Gasteiger partial charge in [0.1, 0.15) is 0 Å². The first-order valence-corrected chi connectivity index (χ1v) is 9.76. The molecule has 1 saturated heterocycles. The predicted octanol–water partition coefficient (Wildman–Crippen LogP) is 3.68. The average molecular weight is 371 g/mol. The minimum atomic E-state index is 0.784. The molecule has 1 fully saturated rings. The maximum atomic E-state index is 6.09. The zero-order valence-electron chi connectivity index (χ0n) is 15.7. The third-order valence-electron chi connectivity index (χ3n) is 5.51. The molecule has 2 aromatic rings. The molecular formula is C21H27ClN4. The van der Waals surface area contributed by atoms with Gasteiger partial charge in [-0.3, -0.25) is 0 Å². The lowest BCUT2D eigenvalue weighted by molar-refractivity contribution is 0.312. The molecule has 5 heteroatoms. The van der Waals surface area contributed by atoms with Crippen molar-refractivity contribution in [3.8, 4) is 0 Å². The lowest BCUT2D eigenvalue weighted by Gasteiger charge is -2.34. The lowest BCUT2D eigenvalue weighted by Crippen LogP contribution is -2.44. The van der Waals surface area contributed by atoms with E-state index in [2.05, 4.69) is 64.0 Å². The highest BCUT2D eigenvalue weighted by molar-refractivity contribution is 6.30. The number of likely N-dealkylation sites (N-methyl/N-ethyl adjacent to an activating group) is 2. The van der Waals surface area contributed by atoms with Gasteiger partial charge in [-0.1, -0.05) is 11.6 Å². The van der Waals surface area contributed by atoms with Crippen LogP contribution in [-0.2, 0) is 6.54 Å². The van der Waals surface area contributed by atoms with E-state index in [1.807, 2.05) is 12.1 Å². The summed E-state index contributed by atoms with van der Waals surface area (Å²) in [6.07, 6.45) is 0. The van der Waals surface area contributed by atoms with Crippen LogP contribution in [0.4, 0.5) is 17.1 Å². The van der Waals surface area contributed by atoms with Gasteiger partial charge in [-0.2, -0.15) is 0 Å². The van der Waals surface area contributed by atoms with E-state index in [9.17, 15) is 0 Å². The molecule has 2 aromatic carbocycles. The van der Waals surface area contributed by atoms with Gasteiger partial charge >= 0.3 is 0 Å². The largest absolute Gasteiger partial charge is 0.369 e. The number of anilines is 3. The van der Waals surface area contributed by atoms with Crippen molar-refractivity contribution in [3.63, 3.8) is 0 Å². The molecule has 0 N–H and O–H groups in total. The minimum Gasteiger partial charge on any atom is -0.369 e. The van der Waals surface area contributed by atoms with Crippen LogP contribution in [0.3, 0.4) is 0 Å². The summed E-state index contributed by atoms with van der Waals surface area (Å²) in [4.78, 5) is 9.74. The summed E-state index contributed by atoms with van der Waals surface area (Å²) in [6.45, 7) is 7.49. The molecule has 0 aromatic heterocycles. The topological polar surface area (TPSA) is 13.0 Å². The normalized spacial score (nSPS) is 19.3. The van der Waals surface area contributed by atoms with Crippen LogP contribution in [0.5, 0.6) is 0 Å². The van der Waals surface area contributed by atoms with Crippen molar-refractivity contribution >= 4 is 28.7 Å². The number of rotatable bonds is 2. The Kier molecular flexibility index (Phi) is 5.07. The van der Waals surface area contributed by atoms with Crippen molar-refractivity contribution in [2.75, 3.05) is 63.2 Å². The molecule has 0 unspecified atom stereocenters. The second-order valence-electron chi connectivity index (χ2n) is 7.47. The Morgan fingerprint density at radius 2 is 1.38 bits per heavy atom. The lowest BCUT2D eigenvalue weighted by atomic mass is 10.1. The van der Waals surface area contributed by atoms with Crippen molar-refractivity contribution in [1.82, 2.24) is 9.80 Å². The highest BCUT2D eigenvalue weighted by Gasteiger charge is 2.21. The quantitative estimate of drug-likeness (QED) is 0.799. The van der Waals surface area contributed by atoms with E-state index in [4.69, 9.17) is 11.6 Å². The van der Waals surface area contributed by atoms with Gasteiger partial charge in [-0.15, -0.1) is 0 Å². The van der Waals surface area contributed by atoms with Crippen molar-refractivity contribution in [1.29, 1.82) is 0 Å². The fraction of sp³-hybridized carbons (Fsp3) is 0.429. The van der Waals surface area contributed by atoms with Crippen LogP contribution in [0.15, 0.2) is 42.5 Å². The number of fused-ring (bicyclic) bond motifs is 1. The Balaban J connectivity index is 1.66. The first-order valence-electron chi connectivity index (χ1n) is 9.38. The molecule has 0 bridgehead atoms. The van der Waals surface area contributed by atoms with Gasteiger partial charge in [0, 0.05) is 67.9 Å². The fourth-order valence-electron chi connectivity index (χ4n) is 3.87. The van der Waals surface area contributed by atoms with Gasteiger partial charge < -0.3 is 19.6 Å². The molecule has 0 aliphatic carbocycles. The number of piperazine rings is 1. The van der Waals surface area contributed by atoms with E-state index in [0.29, 0.717) is 0 Å². The summed E-state index contributed by atoms with van der Waals surface area (Å²) in [5.41, 5.74) is 5.27. The minimum absolute atomic E-state index is 0.784. The van der Waals surface area contributed by atoms with Crippen LogP contribution in [0.25, 0.3) is 0 Å². The number of halogens is 1. The molecule has 0 radical (unpaired) electrons. The molecule has 4 rings (SSSR count). The highest BCUT2D eigenvalue weighted by atomic mass is 35.5. The molecule has 2 heterocycles. The van der Waals surface area contributed by atoms with Crippen LogP contribution < -0.4 is 9.80 Å². The fourth-order valence-corrected chi connectivity index (χ4v) is 4.00. The highest BCUT2D eigenvalue weighted by Crippen LogP contribution is 2.34. The van der Waals surface area contributed by atoms with E-state index < -0.39 is 0 Å². The van der Waals surface area contributed by atoms with Crippen molar-refractivity contribution in [2.24, 2.45) is 0 Å². The predicted molar refractivity (Wildman–Crippen MR) is 111 cm³/mol. The molecule has 0 saturated carbocycles. The first-order chi connectivity index (χ1) is 12.6. The first kappa shape index (κ1) is 17.7. The second-order valence-corrected chi connectivity index (χ2v) is 7.91. The van der Waals surface area contributed by atoms with Crippen molar-refractivity contribution in [3.05, 3.63) is 53.1 Å². The Hall–Kier alpha value is -1.75. The van der Waals surface area contributed by atoms with Gasteiger partial charge in [0.15, 0.2) is 0 Å². The van der Waals surface area contributed by atoms with Crippen LogP contribution >= 0.6 is 11.6 Å². The standard InChI is InChI=1S/C21H27ClN4/c1-23-9-12-25(13-10-23)20-7-8-21-17(15-20)16-24(2)11-14-26(21)19-5-3-18(22)4-6-19/h3-8,15H,9-14,16H2,1-2H3. The molecule has 0 spiro atoms. The number of hydrogen-bond acceptors (Lipinski definition) is 4. The summed E-state index contributed by atoms with van der Waals surface area (Å²) in [6, 6.07) is 15.2. The maximum Gasteiger partial charge on any atom is 0.0458 e. The molecule has 4 nitrogen and oxygen atoms in total. The van der Waals surface area contributed by atoms with Crippen molar-refractivity contribution < 1.29 is 0 Å². The van der Waals surface area contributed by atoms with Crippen LogP contribution in [0, 0.1) is 0 Å². The van der Waals surface area contributed by atoms with Gasteiger partial charge in [0.25, 0.3) is 0 Å². The summed E-state index contributed by atoms with van der Waals surface area (Å²) >= 11 is 6.09. The zero-order valence-corrected chi connectivity index (χ0v) is 16.4. The average Bonchev–Trinajstić information content (AvgIpc) is 2.81. The summed E-state index contributed by atoms with van der Waals surface area (Å²) < 4.78 is 0. The number of nitrogens with zero attached hydrogens (tertiary/aromatic N) is 4. The van der Waals surface area contributed by atoms with E-state index in [1.165, 1.54) is 22.6 Å². The monoisotopic (exact) mass is 370 g/mol. The summed E-state index contributed by atoms with van der Waals surface area (Å²) in [7, 11) is 4.41. The van der Waals surface area contributed by atoms with E-state index in [-0.39, 0.29) is 0 Å². The molecule has 138 valence electrons. The van der Waals surface area contributed by atoms with Crippen LogP contribution in [0.2, 0.25) is 5.02 Å². The summed E-state index contributed by atoms with van der Waals surface area (Å²) in [5.74, 6) is 0.